The molecule has 2 fully saturated rings. The smallest absolute Gasteiger partial charge is 0.416 e. The first-order chi connectivity index (χ1) is 16.0. The fraction of sp³-hybridized carbons (Fsp3) is 0.458. The molecule has 2 atom stereocenters. The van der Waals surface area contributed by atoms with E-state index in [1.165, 1.54) is 28.6 Å². The van der Waals surface area contributed by atoms with E-state index < -0.39 is 39.7 Å². The Kier molecular flexibility index (Phi) is 6.76. The van der Waals surface area contributed by atoms with Crippen LogP contribution >= 0.6 is 0 Å². The third kappa shape index (κ3) is 5.61. The van der Waals surface area contributed by atoms with Gasteiger partial charge in [0.05, 0.1) is 16.4 Å². The quantitative estimate of drug-likeness (QED) is 0.511. The third-order valence-corrected chi connectivity index (χ3v) is 8.20. The zero-order valence-corrected chi connectivity index (χ0v) is 19.4. The molecular formula is C24H27F3N2O4S. The highest BCUT2D eigenvalue weighted by atomic mass is 32.2. The molecule has 0 radical (unpaired) electrons. The van der Waals surface area contributed by atoms with Gasteiger partial charge in [-0.1, -0.05) is 29.8 Å². The summed E-state index contributed by atoms with van der Waals surface area (Å²) >= 11 is 0. The van der Waals surface area contributed by atoms with Crippen LogP contribution in [0.2, 0.25) is 0 Å². The lowest BCUT2D eigenvalue weighted by atomic mass is 9.91. The summed E-state index contributed by atoms with van der Waals surface area (Å²) in [6, 6.07) is 9.72. The average molecular weight is 497 g/mol. The van der Waals surface area contributed by atoms with Crippen molar-refractivity contribution in [2.75, 3.05) is 6.54 Å². The van der Waals surface area contributed by atoms with Gasteiger partial charge in [-0.3, -0.25) is 4.79 Å². The number of aliphatic carboxylic acids is 1. The molecule has 0 amide bonds. The second-order valence-electron chi connectivity index (χ2n) is 9.10. The van der Waals surface area contributed by atoms with Crippen molar-refractivity contribution < 1.29 is 31.5 Å². The molecular weight excluding hydrogens is 469 g/mol. The van der Waals surface area contributed by atoms with Crippen LogP contribution in [0.1, 0.15) is 48.4 Å². The minimum absolute atomic E-state index is 0.0530. The zero-order chi connectivity index (χ0) is 24.7. The number of hydrogen-bond acceptors (Lipinski definition) is 4. The minimum Gasteiger partial charge on any atom is -0.481 e. The highest BCUT2D eigenvalue weighted by molar-refractivity contribution is 7.89. The monoisotopic (exact) mass is 496 g/mol. The summed E-state index contributed by atoms with van der Waals surface area (Å²) in [5.74, 6) is -2.39. The highest BCUT2D eigenvalue weighted by Crippen LogP contribution is 2.37. The van der Waals surface area contributed by atoms with Crippen molar-refractivity contribution in [3.05, 3.63) is 65.2 Å². The third-order valence-electron chi connectivity index (χ3n) is 6.27. The minimum atomic E-state index is -4.50. The molecule has 10 heteroatoms. The molecule has 0 spiro atoms. The Morgan fingerprint density at radius 1 is 1.06 bits per heavy atom. The number of hydrogen-bond donors (Lipinski definition) is 2. The number of nitrogens with zero attached hydrogens (tertiary/aromatic N) is 1. The van der Waals surface area contributed by atoms with Gasteiger partial charge in [-0.25, -0.2) is 8.42 Å². The molecule has 0 heterocycles. The summed E-state index contributed by atoms with van der Waals surface area (Å²) in [6.07, 6.45) is -1.57. The fourth-order valence-corrected chi connectivity index (χ4v) is 5.71. The average Bonchev–Trinajstić information content (AvgIpc) is 3.68. The van der Waals surface area contributed by atoms with E-state index in [4.69, 9.17) is 0 Å². The summed E-state index contributed by atoms with van der Waals surface area (Å²) in [4.78, 5) is 12.5. The van der Waals surface area contributed by atoms with Crippen LogP contribution < -0.4 is 5.32 Å². The maximum absolute atomic E-state index is 13.4. The van der Waals surface area contributed by atoms with Gasteiger partial charge in [-0.05, 0) is 62.4 Å². The number of carbonyl (C=O) groups is 1. The number of aryl methyl sites for hydroxylation is 1. The number of alkyl halides is 3. The van der Waals surface area contributed by atoms with Crippen molar-refractivity contribution in [2.24, 2.45) is 5.92 Å². The lowest BCUT2D eigenvalue weighted by molar-refractivity contribution is -0.143. The van der Waals surface area contributed by atoms with E-state index in [1.807, 2.05) is 6.92 Å². The predicted octanol–water partition coefficient (Wildman–Crippen LogP) is 4.36. The van der Waals surface area contributed by atoms with Gasteiger partial charge in [0.2, 0.25) is 10.0 Å². The summed E-state index contributed by atoms with van der Waals surface area (Å²) in [7, 11) is -3.94. The molecule has 2 N–H and O–H groups in total. The van der Waals surface area contributed by atoms with E-state index in [-0.39, 0.29) is 23.5 Å². The molecule has 6 nitrogen and oxygen atoms in total. The Hall–Kier alpha value is -2.43. The fourth-order valence-electron chi connectivity index (χ4n) is 4.00. The molecule has 184 valence electrons. The number of carboxylic acid groups (broad SMARTS) is 1. The summed E-state index contributed by atoms with van der Waals surface area (Å²) in [6.45, 7) is 1.56. The van der Waals surface area contributed by atoms with Gasteiger partial charge in [-0.15, -0.1) is 0 Å². The molecule has 2 aliphatic carbocycles. The summed E-state index contributed by atoms with van der Waals surface area (Å²) in [5, 5.41) is 13.3. The molecule has 2 aromatic carbocycles. The lowest BCUT2D eigenvalue weighted by Crippen LogP contribution is -2.44. The van der Waals surface area contributed by atoms with Crippen molar-refractivity contribution >= 4 is 16.0 Å². The van der Waals surface area contributed by atoms with Gasteiger partial charge in [0.15, 0.2) is 0 Å². The lowest BCUT2D eigenvalue weighted by Gasteiger charge is -2.31. The van der Waals surface area contributed by atoms with E-state index in [1.54, 1.807) is 12.1 Å². The van der Waals surface area contributed by atoms with Gasteiger partial charge in [0.1, 0.15) is 0 Å². The second kappa shape index (κ2) is 9.31. The summed E-state index contributed by atoms with van der Waals surface area (Å²) in [5.41, 5.74) is 0.460. The number of sulfonamides is 1. The van der Waals surface area contributed by atoms with Crippen LogP contribution in [0, 0.1) is 12.8 Å². The Balaban J connectivity index is 1.66. The van der Waals surface area contributed by atoms with Crippen molar-refractivity contribution in [3.8, 4) is 0 Å². The van der Waals surface area contributed by atoms with Crippen LogP contribution in [0.4, 0.5) is 13.2 Å². The molecule has 2 aliphatic rings. The molecule has 2 saturated carbocycles. The number of rotatable bonds is 10. The van der Waals surface area contributed by atoms with Crippen LogP contribution in [0.5, 0.6) is 0 Å². The van der Waals surface area contributed by atoms with E-state index in [0.29, 0.717) is 18.4 Å². The molecule has 34 heavy (non-hydrogen) atoms. The summed E-state index contributed by atoms with van der Waals surface area (Å²) < 4.78 is 67.2. The van der Waals surface area contributed by atoms with Crippen LogP contribution in [-0.2, 0) is 21.0 Å². The van der Waals surface area contributed by atoms with Crippen LogP contribution in [0.3, 0.4) is 0 Å². The Bertz CT molecular complexity index is 1130. The second-order valence-corrected chi connectivity index (χ2v) is 11.0. The van der Waals surface area contributed by atoms with Gasteiger partial charge in [-0.2, -0.15) is 17.5 Å². The van der Waals surface area contributed by atoms with E-state index in [9.17, 15) is 31.5 Å². The number of halogens is 3. The molecule has 0 aromatic heterocycles. The van der Waals surface area contributed by atoms with Crippen molar-refractivity contribution in [1.29, 1.82) is 0 Å². The Morgan fingerprint density at radius 2 is 1.65 bits per heavy atom. The van der Waals surface area contributed by atoms with Crippen LogP contribution in [0.15, 0.2) is 53.4 Å². The van der Waals surface area contributed by atoms with Gasteiger partial charge in [0.25, 0.3) is 0 Å². The van der Waals surface area contributed by atoms with E-state index in [0.717, 1.165) is 30.5 Å². The number of nitrogens with one attached hydrogen (secondary N) is 1. The van der Waals surface area contributed by atoms with Crippen LogP contribution in [0.25, 0.3) is 0 Å². The molecule has 4 rings (SSSR count). The Morgan fingerprint density at radius 3 is 2.12 bits per heavy atom. The molecule has 2 unspecified atom stereocenters. The van der Waals surface area contributed by atoms with Gasteiger partial charge in [0, 0.05) is 24.7 Å². The number of benzene rings is 2. The van der Waals surface area contributed by atoms with Crippen LogP contribution in [-0.4, -0.2) is 42.4 Å². The molecule has 0 saturated heterocycles. The number of carboxylic acids is 1. The first-order valence-corrected chi connectivity index (χ1v) is 12.7. The zero-order valence-electron chi connectivity index (χ0n) is 18.6. The maximum Gasteiger partial charge on any atom is 0.416 e. The largest absolute Gasteiger partial charge is 0.481 e. The van der Waals surface area contributed by atoms with E-state index in [2.05, 4.69) is 5.32 Å². The van der Waals surface area contributed by atoms with Crippen molar-refractivity contribution in [3.63, 3.8) is 0 Å². The standard InChI is InChI=1S/C24H27F3N2O4S/c1-15-2-12-20(13-3-15)34(32,33)29(19-10-11-19)14-21(23(30)31)22(28-18-8-9-18)16-4-6-17(7-5-16)24(25,26)27/h2-7,12-13,18-19,21-22,28H,8-11,14H2,1H3,(H,30,31). The molecule has 0 bridgehead atoms. The molecule has 0 aliphatic heterocycles. The van der Waals surface area contributed by atoms with Crippen molar-refractivity contribution in [1.82, 2.24) is 9.62 Å². The van der Waals surface area contributed by atoms with Crippen molar-refractivity contribution in [2.45, 2.75) is 61.8 Å². The first-order valence-electron chi connectivity index (χ1n) is 11.2. The van der Waals surface area contributed by atoms with E-state index >= 15 is 0 Å². The Labute approximate surface area is 196 Å². The van der Waals surface area contributed by atoms with Gasteiger partial charge >= 0.3 is 12.1 Å². The van der Waals surface area contributed by atoms with Gasteiger partial charge < -0.3 is 10.4 Å². The SMILES string of the molecule is Cc1ccc(S(=O)(=O)N(CC(C(=O)O)C(NC2CC2)c2ccc(C(F)(F)F)cc2)C2CC2)cc1. The first kappa shape index (κ1) is 24.7. The molecule has 2 aromatic rings. The predicted molar refractivity (Wildman–Crippen MR) is 120 cm³/mol. The topological polar surface area (TPSA) is 86.7 Å². The highest BCUT2D eigenvalue weighted by Gasteiger charge is 2.43. The normalized spacial score (nSPS) is 18.6. The maximum atomic E-state index is 13.4.